The lowest BCUT2D eigenvalue weighted by atomic mass is 9.78. The number of nitrogens with one attached hydrogen (secondary N) is 2. The molecule has 0 saturated carbocycles. The molecule has 1 saturated heterocycles. The highest BCUT2D eigenvalue weighted by molar-refractivity contribution is 4.91. The largest absolute Gasteiger partial charge is 0.380 e. The fourth-order valence-electron chi connectivity index (χ4n) is 2.12. The van der Waals surface area contributed by atoms with Crippen LogP contribution in [-0.4, -0.2) is 39.9 Å². The third-order valence-corrected chi connectivity index (χ3v) is 3.22. The van der Waals surface area contributed by atoms with Gasteiger partial charge < -0.3 is 15.4 Å². The van der Waals surface area contributed by atoms with Gasteiger partial charge in [0.25, 0.3) is 0 Å². The normalized spacial score (nSPS) is 17.5. The maximum Gasteiger partial charge on any atom is 0.0557 e. The van der Waals surface area contributed by atoms with Crippen molar-refractivity contribution in [3.05, 3.63) is 0 Å². The quantitative estimate of drug-likeness (QED) is 0.690. The van der Waals surface area contributed by atoms with Gasteiger partial charge in [0, 0.05) is 11.5 Å². The number of ether oxygens (including phenoxy) is 1. The van der Waals surface area contributed by atoms with Gasteiger partial charge >= 0.3 is 0 Å². The van der Waals surface area contributed by atoms with Gasteiger partial charge in [0.15, 0.2) is 0 Å². The molecule has 0 aliphatic carbocycles. The molecule has 1 aliphatic heterocycles. The Kier molecular flexibility index (Phi) is 14.9. The van der Waals surface area contributed by atoms with Crippen LogP contribution in [0.15, 0.2) is 0 Å². The number of rotatable bonds is 7. The Hall–Kier alpha value is -0.120. The van der Waals surface area contributed by atoms with Gasteiger partial charge in [-0.25, -0.2) is 0 Å². The van der Waals surface area contributed by atoms with Crippen molar-refractivity contribution < 1.29 is 4.74 Å². The molecule has 0 radical (unpaired) electrons. The van der Waals surface area contributed by atoms with E-state index in [1.807, 2.05) is 34.7 Å². The van der Waals surface area contributed by atoms with Crippen LogP contribution in [0.4, 0.5) is 0 Å². The average Bonchev–Trinajstić information content (AvgIpc) is 2.41. The van der Waals surface area contributed by atoms with Crippen LogP contribution in [0, 0.1) is 5.41 Å². The van der Waals surface area contributed by atoms with Crippen molar-refractivity contribution in [1.29, 1.82) is 0 Å². The van der Waals surface area contributed by atoms with Gasteiger partial charge in [-0.05, 0) is 33.5 Å². The first kappa shape index (κ1) is 20.2. The zero-order valence-electron chi connectivity index (χ0n) is 13.7. The summed E-state index contributed by atoms with van der Waals surface area (Å²) >= 11 is 0. The molecule has 1 aliphatic rings. The summed E-state index contributed by atoms with van der Waals surface area (Å²) in [5.74, 6) is 0. The SMILES string of the molecule is CC.CC.CNCCCCC(NC)C1(C)COC1. The van der Waals surface area contributed by atoms with Crippen LogP contribution in [0.1, 0.15) is 53.9 Å². The second kappa shape index (κ2) is 13.3. The topological polar surface area (TPSA) is 33.3 Å². The van der Waals surface area contributed by atoms with E-state index in [1.165, 1.54) is 19.3 Å². The highest BCUT2D eigenvalue weighted by Gasteiger charge is 2.39. The zero-order valence-corrected chi connectivity index (χ0v) is 13.7. The average molecular weight is 260 g/mol. The van der Waals surface area contributed by atoms with E-state index in [4.69, 9.17) is 4.74 Å². The van der Waals surface area contributed by atoms with Crippen molar-refractivity contribution in [1.82, 2.24) is 10.6 Å². The van der Waals surface area contributed by atoms with Crippen molar-refractivity contribution in [3.63, 3.8) is 0 Å². The minimum absolute atomic E-state index is 0.383. The number of hydrogen-bond acceptors (Lipinski definition) is 3. The summed E-state index contributed by atoms with van der Waals surface area (Å²) < 4.78 is 5.30. The van der Waals surface area contributed by atoms with E-state index in [0.717, 1.165) is 19.8 Å². The molecule has 3 nitrogen and oxygen atoms in total. The Morgan fingerprint density at radius 1 is 1.06 bits per heavy atom. The zero-order chi connectivity index (χ0) is 14.4. The van der Waals surface area contributed by atoms with Gasteiger partial charge in [0.2, 0.25) is 0 Å². The third kappa shape index (κ3) is 7.34. The van der Waals surface area contributed by atoms with Crippen LogP contribution in [0.25, 0.3) is 0 Å². The second-order valence-electron chi connectivity index (χ2n) is 4.59. The van der Waals surface area contributed by atoms with Crippen molar-refractivity contribution in [2.24, 2.45) is 5.41 Å². The van der Waals surface area contributed by atoms with Crippen LogP contribution in [0.2, 0.25) is 0 Å². The summed E-state index contributed by atoms with van der Waals surface area (Å²) in [7, 11) is 4.07. The van der Waals surface area contributed by atoms with Crippen molar-refractivity contribution in [2.45, 2.75) is 59.9 Å². The monoisotopic (exact) mass is 260 g/mol. The molecule has 2 N–H and O–H groups in total. The lowest BCUT2D eigenvalue weighted by molar-refractivity contribution is -0.121. The molecule has 0 spiro atoms. The van der Waals surface area contributed by atoms with Crippen LogP contribution in [-0.2, 0) is 4.74 Å². The van der Waals surface area contributed by atoms with Gasteiger partial charge in [-0.2, -0.15) is 0 Å². The summed E-state index contributed by atoms with van der Waals surface area (Å²) in [5, 5.41) is 6.60. The fourth-order valence-corrected chi connectivity index (χ4v) is 2.12. The van der Waals surface area contributed by atoms with Crippen LogP contribution < -0.4 is 10.6 Å². The van der Waals surface area contributed by atoms with E-state index >= 15 is 0 Å². The Balaban J connectivity index is 0. The van der Waals surface area contributed by atoms with Crippen molar-refractivity contribution >= 4 is 0 Å². The molecule has 1 heterocycles. The lowest BCUT2D eigenvalue weighted by Crippen LogP contribution is -2.54. The Morgan fingerprint density at radius 3 is 1.94 bits per heavy atom. The Labute approximate surface area is 115 Å². The molecule has 3 heteroatoms. The van der Waals surface area contributed by atoms with E-state index in [9.17, 15) is 0 Å². The van der Waals surface area contributed by atoms with Crippen molar-refractivity contribution in [2.75, 3.05) is 33.9 Å². The van der Waals surface area contributed by atoms with E-state index in [0.29, 0.717) is 11.5 Å². The Bertz CT molecular complexity index is 159. The van der Waals surface area contributed by atoms with Gasteiger partial charge in [0.1, 0.15) is 0 Å². The fraction of sp³-hybridized carbons (Fsp3) is 1.00. The molecule has 1 unspecified atom stereocenters. The Morgan fingerprint density at radius 2 is 1.61 bits per heavy atom. The molecule has 1 rings (SSSR count). The summed E-state index contributed by atoms with van der Waals surface area (Å²) in [5.41, 5.74) is 0.383. The van der Waals surface area contributed by atoms with Crippen LogP contribution >= 0.6 is 0 Å². The van der Waals surface area contributed by atoms with E-state index in [2.05, 4.69) is 24.6 Å². The highest BCUT2D eigenvalue weighted by atomic mass is 16.5. The first-order chi connectivity index (χ1) is 8.73. The smallest absolute Gasteiger partial charge is 0.0557 e. The molecule has 18 heavy (non-hydrogen) atoms. The summed E-state index contributed by atoms with van der Waals surface area (Å²) in [6.45, 7) is 13.3. The predicted octanol–water partition coefficient (Wildman–Crippen LogP) is 3.05. The van der Waals surface area contributed by atoms with E-state index < -0.39 is 0 Å². The van der Waals surface area contributed by atoms with E-state index in [1.54, 1.807) is 0 Å². The molecule has 1 fully saturated rings. The molecule has 112 valence electrons. The first-order valence-electron chi connectivity index (χ1n) is 7.62. The maximum atomic E-state index is 5.30. The second-order valence-corrected chi connectivity index (χ2v) is 4.59. The number of unbranched alkanes of at least 4 members (excludes halogenated alkanes) is 1. The molecule has 0 amide bonds. The highest BCUT2D eigenvalue weighted by Crippen LogP contribution is 2.32. The van der Waals surface area contributed by atoms with E-state index in [-0.39, 0.29) is 0 Å². The maximum absolute atomic E-state index is 5.30. The molecular formula is C15H36N2O. The first-order valence-corrected chi connectivity index (χ1v) is 7.62. The third-order valence-electron chi connectivity index (χ3n) is 3.22. The van der Waals surface area contributed by atoms with Gasteiger partial charge in [0.05, 0.1) is 13.2 Å². The van der Waals surface area contributed by atoms with Gasteiger partial charge in [-0.3, -0.25) is 0 Å². The molecule has 0 aromatic heterocycles. The summed E-state index contributed by atoms with van der Waals surface area (Å²) in [6, 6.07) is 0.619. The summed E-state index contributed by atoms with van der Waals surface area (Å²) in [4.78, 5) is 0. The van der Waals surface area contributed by atoms with Gasteiger partial charge in [-0.15, -0.1) is 0 Å². The summed E-state index contributed by atoms with van der Waals surface area (Å²) in [6.07, 6.45) is 3.82. The predicted molar refractivity (Wildman–Crippen MR) is 82.2 cm³/mol. The van der Waals surface area contributed by atoms with Crippen molar-refractivity contribution in [3.8, 4) is 0 Å². The molecule has 0 bridgehead atoms. The molecule has 1 atom stereocenters. The minimum Gasteiger partial charge on any atom is -0.380 e. The molecular weight excluding hydrogens is 224 g/mol. The van der Waals surface area contributed by atoms with Crippen LogP contribution in [0.3, 0.4) is 0 Å². The molecule has 0 aromatic carbocycles. The standard InChI is InChI=1S/C11H24N2O.2C2H6/c1-11(8-14-9-11)10(13-3)6-4-5-7-12-2;2*1-2/h10,12-13H,4-9H2,1-3H3;2*1-2H3. The van der Waals surface area contributed by atoms with Crippen LogP contribution in [0.5, 0.6) is 0 Å². The number of hydrogen-bond donors (Lipinski definition) is 2. The van der Waals surface area contributed by atoms with Gasteiger partial charge in [-0.1, -0.05) is 41.0 Å². The molecule has 0 aromatic rings. The minimum atomic E-state index is 0.383. The lowest BCUT2D eigenvalue weighted by Gasteiger charge is -2.44.